The number of anilines is 1. The van der Waals surface area contributed by atoms with Gasteiger partial charge in [-0.2, -0.15) is 0 Å². The maximum atomic E-state index is 13.8. The van der Waals surface area contributed by atoms with E-state index in [9.17, 15) is 14.4 Å². The molecule has 39 heavy (non-hydrogen) atoms. The van der Waals surface area contributed by atoms with E-state index in [1.165, 1.54) is 19.5 Å². The Bertz CT molecular complexity index is 1340. The number of nitrogens with one attached hydrogen (secondary N) is 1. The maximum absolute atomic E-state index is 13.8. The normalized spacial score (nSPS) is 21.2. The first kappa shape index (κ1) is 26.7. The van der Waals surface area contributed by atoms with Crippen LogP contribution in [0.25, 0.3) is 0 Å². The van der Waals surface area contributed by atoms with E-state index in [4.69, 9.17) is 16.3 Å². The number of methoxy groups -OCH3 is 1. The van der Waals surface area contributed by atoms with Crippen LogP contribution in [0.4, 0.5) is 5.95 Å². The summed E-state index contributed by atoms with van der Waals surface area (Å²) in [5.74, 6) is 0.463. The number of nitrogens with zero attached hydrogens (tertiary/aromatic N) is 4. The molecule has 3 aromatic rings. The molecule has 0 spiro atoms. The van der Waals surface area contributed by atoms with Crippen LogP contribution >= 0.6 is 11.6 Å². The molecule has 1 saturated carbocycles. The number of pyridine rings is 1. The van der Waals surface area contributed by atoms with E-state index in [-0.39, 0.29) is 41.8 Å². The molecule has 1 aliphatic carbocycles. The summed E-state index contributed by atoms with van der Waals surface area (Å²) < 4.78 is 5.06. The lowest BCUT2D eigenvalue weighted by Gasteiger charge is -2.35. The highest BCUT2D eigenvalue weighted by Gasteiger charge is 2.38. The molecule has 1 atom stereocenters. The van der Waals surface area contributed by atoms with Gasteiger partial charge in [0.05, 0.1) is 25.5 Å². The highest BCUT2D eigenvalue weighted by Crippen LogP contribution is 2.33. The van der Waals surface area contributed by atoms with Crippen molar-refractivity contribution in [2.24, 2.45) is 11.8 Å². The summed E-state index contributed by atoms with van der Waals surface area (Å²) in [5, 5.41) is 3.29. The molecular weight excluding hydrogens is 518 g/mol. The second-order valence-electron chi connectivity index (χ2n) is 10.1. The molecule has 2 amide bonds. The monoisotopic (exact) mass is 547 g/mol. The molecule has 5 rings (SSSR count). The minimum Gasteiger partial charge on any atom is -0.494 e. The van der Waals surface area contributed by atoms with Crippen LogP contribution in [0.3, 0.4) is 0 Å². The van der Waals surface area contributed by atoms with E-state index in [2.05, 4.69) is 20.3 Å². The lowest BCUT2D eigenvalue weighted by atomic mass is 9.81. The first-order valence-electron chi connectivity index (χ1n) is 13.1. The quantitative estimate of drug-likeness (QED) is 0.472. The van der Waals surface area contributed by atoms with Crippen molar-refractivity contribution in [3.05, 3.63) is 76.8 Å². The lowest BCUT2D eigenvalue weighted by molar-refractivity contribution is -0.122. The molecule has 1 aliphatic heterocycles. The molecule has 0 radical (unpaired) electrons. The Morgan fingerprint density at radius 3 is 2.54 bits per heavy atom. The van der Waals surface area contributed by atoms with Gasteiger partial charge < -0.3 is 9.64 Å². The number of halogens is 1. The standard InChI is InChI=1S/C29H30ClN5O4/c1-39-23-15-32-29(33-16-23)34-27(37)19-7-5-18(6-8-19)17-35-25(14-22-4-2-3-11-31-22)26(36)13-20-12-21(30)9-10-24(20)28(35)38/h2-4,9-12,15-16,18-19,25H,5-8,13-14,17H2,1H3,(H,32,33,34,37)/t18?,19?,25-/m1/s1. The second kappa shape index (κ2) is 11.9. The van der Waals surface area contributed by atoms with Gasteiger partial charge in [-0.1, -0.05) is 17.7 Å². The maximum Gasteiger partial charge on any atom is 0.254 e. The van der Waals surface area contributed by atoms with Crippen LogP contribution in [0, 0.1) is 11.8 Å². The number of benzene rings is 1. The van der Waals surface area contributed by atoms with Gasteiger partial charge in [-0.3, -0.25) is 24.7 Å². The summed E-state index contributed by atoms with van der Waals surface area (Å²) in [4.78, 5) is 54.5. The predicted molar refractivity (Wildman–Crippen MR) is 146 cm³/mol. The molecule has 0 unspecified atom stereocenters. The van der Waals surface area contributed by atoms with Gasteiger partial charge in [0.15, 0.2) is 11.5 Å². The Balaban J connectivity index is 1.28. The van der Waals surface area contributed by atoms with Gasteiger partial charge in [0.25, 0.3) is 5.91 Å². The highest BCUT2D eigenvalue weighted by atomic mass is 35.5. The number of hydrogen-bond donors (Lipinski definition) is 1. The third-order valence-electron chi connectivity index (χ3n) is 7.57. The van der Waals surface area contributed by atoms with Gasteiger partial charge in [-0.05, 0) is 67.5 Å². The number of ether oxygens (including phenoxy) is 1. The zero-order chi connectivity index (χ0) is 27.4. The minimum atomic E-state index is -0.619. The molecule has 2 aromatic heterocycles. The van der Waals surface area contributed by atoms with E-state index in [0.717, 1.165) is 18.5 Å². The summed E-state index contributed by atoms with van der Waals surface area (Å²) in [6.07, 6.45) is 8.11. The van der Waals surface area contributed by atoms with Crippen LogP contribution in [0.5, 0.6) is 5.75 Å². The molecule has 0 bridgehead atoms. The molecule has 0 saturated heterocycles. The van der Waals surface area contributed by atoms with Crippen molar-refractivity contribution in [1.82, 2.24) is 19.9 Å². The summed E-state index contributed by atoms with van der Waals surface area (Å²) in [6, 6.07) is 10.1. The minimum absolute atomic E-state index is 0.0254. The van der Waals surface area contributed by atoms with Gasteiger partial charge in [0.2, 0.25) is 11.9 Å². The number of carbonyl (C=O) groups excluding carboxylic acids is 3. The third kappa shape index (κ3) is 6.25. The number of fused-ring (bicyclic) bond motifs is 1. The molecule has 1 aromatic carbocycles. The van der Waals surface area contributed by atoms with Crippen LogP contribution < -0.4 is 10.1 Å². The highest BCUT2D eigenvalue weighted by molar-refractivity contribution is 6.30. The van der Waals surface area contributed by atoms with Crippen LogP contribution in [-0.4, -0.2) is 57.1 Å². The Morgan fingerprint density at radius 1 is 1.08 bits per heavy atom. The van der Waals surface area contributed by atoms with E-state index in [1.54, 1.807) is 29.3 Å². The van der Waals surface area contributed by atoms with Crippen molar-refractivity contribution < 1.29 is 19.1 Å². The Kier molecular flexibility index (Phi) is 8.16. The van der Waals surface area contributed by atoms with E-state index >= 15 is 0 Å². The van der Waals surface area contributed by atoms with Gasteiger partial charge in [0, 0.05) is 47.8 Å². The molecule has 1 N–H and O–H groups in total. The summed E-state index contributed by atoms with van der Waals surface area (Å²) in [6.45, 7) is 0.445. The molecular formula is C29H30ClN5O4. The Morgan fingerprint density at radius 2 is 1.85 bits per heavy atom. The summed E-state index contributed by atoms with van der Waals surface area (Å²) in [7, 11) is 1.53. The lowest BCUT2D eigenvalue weighted by Crippen LogP contribution is -2.48. The number of carbonyl (C=O) groups is 3. The fourth-order valence-corrected chi connectivity index (χ4v) is 5.62. The number of ketones is 1. The van der Waals surface area contributed by atoms with Crippen molar-refractivity contribution >= 4 is 35.1 Å². The first-order chi connectivity index (χ1) is 18.9. The van der Waals surface area contributed by atoms with Crippen molar-refractivity contribution in [3.8, 4) is 5.75 Å². The average Bonchev–Trinajstić information content (AvgIpc) is 3.04. The fourth-order valence-electron chi connectivity index (χ4n) is 5.43. The Labute approximate surface area is 232 Å². The predicted octanol–water partition coefficient (Wildman–Crippen LogP) is 4.16. The van der Waals surface area contributed by atoms with Gasteiger partial charge >= 0.3 is 0 Å². The van der Waals surface area contributed by atoms with Crippen molar-refractivity contribution in [3.63, 3.8) is 0 Å². The van der Waals surface area contributed by atoms with Gasteiger partial charge in [-0.15, -0.1) is 0 Å². The number of aromatic nitrogens is 3. The van der Waals surface area contributed by atoms with Crippen molar-refractivity contribution in [2.75, 3.05) is 19.0 Å². The zero-order valence-electron chi connectivity index (χ0n) is 21.7. The molecule has 3 heterocycles. The van der Waals surface area contributed by atoms with Crippen molar-refractivity contribution in [2.45, 2.75) is 44.6 Å². The van der Waals surface area contributed by atoms with Crippen LogP contribution in [0.15, 0.2) is 55.0 Å². The number of Topliss-reactive ketones (excluding diaryl/α,β-unsaturated/α-hetero) is 1. The zero-order valence-corrected chi connectivity index (χ0v) is 22.4. The first-order valence-corrected chi connectivity index (χ1v) is 13.5. The molecule has 2 aliphatic rings. The third-order valence-corrected chi connectivity index (χ3v) is 7.81. The van der Waals surface area contributed by atoms with E-state index in [0.29, 0.717) is 47.7 Å². The smallest absolute Gasteiger partial charge is 0.254 e. The number of hydrogen-bond acceptors (Lipinski definition) is 7. The SMILES string of the molecule is COc1cnc(NC(=O)C2CCC(CN3C(=O)c4ccc(Cl)cc4CC(=O)[C@H]3Cc3ccccn3)CC2)nc1. The van der Waals surface area contributed by atoms with Crippen molar-refractivity contribution in [1.29, 1.82) is 0 Å². The molecule has 202 valence electrons. The summed E-state index contributed by atoms with van der Waals surface area (Å²) >= 11 is 6.20. The molecule has 1 fully saturated rings. The van der Waals surface area contributed by atoms with Crippen LogP contribution in [0.1, 0.15) is 47.3 Å². The fraction of sp³-hybridized carbons (Fsp3) is 0.379. The largest absolute Gasteiger partial charge is 0.494 e. The van der Waals surface area contributed by atoms with Gasteiger partial charge in [-0.25, -0.2) is 9.97 Å². The molecule has 10 heteroatoms. The van der Waals surface area contributed by atoms with E-state index in [1.807, 2.05) is 18.2 Å². The van der Waals surface area contributed by atoms with Gasteiger partial charge in [0.1, 0.15) is 0 Å². The Hall–Kier alpha value is -3.85. The average molecular weight is 548 g/mol. The number of amides is 2. The van der Waals surface area contributed by atoms with E-state index < -0.39 is 6.04 Å². The molecule has 9 nitrogen and oxygen atoms in total. The topological polar surface area (TPSA) is 114 Å². The number of rotatable bonds is 7. The second-order valence-corrected chi connectivity index (χ2v) is 10.5. The summed E-state index contributed by atoms with van der Waals surface area (Å²) in [5.41, 5.74) is 1.94. The van der Waals surface area contributed by atoms with Crippen LogP contribution in [-0.2, 0) is 22.4 Å². The van der Waals surface area contributed by atoms with Crippen LogP contribution in [0.2, 0.25) is 5.02 Å².